The molecule has 3 atom stereocenters. The molecule has 1 saturated heterocycles. The average Bonchev–Trinajstić information content (AvgIpc) is 2.98. The molecule has 29 heavy (non-hydrogen) atoms. The van der Waals surface area contributed by atoms with Crippen molar-refractivity contribution in [3.63, 3.8) is 0 Å². The van der Waals surface area contributed by atoms with E-state index in [-0.39, 0.29) is 24.5 Å². The second-order valence-electron chi connectivity index (χ2n) is 7.97. The maximum atomic E-state index is 12.6. The maximum Gasteiger partial charge on any atom is 0.573 e. The van der Waals surface area contributed by atoms with E-state index in [2.05, 4.69) is 24.2 Å². The van der Waals surface area contributed by atoms with Gasteiger partial charge in [0.25, 0.3) is 0 Å². The van der Waals surface area contributed by atoms with Gasteiger partial charge in [-0.15, -0.1) is 13.2 Å². The molecular formula is C19H23F4N5O. The number of pyridine rings is 1. The van der Waals surface area contributed by atoms with Crippen LogP contribution in [0.1, 0.15) is 31.6 Å². The highest BCUT2D eigenvalue weighted by Gasteiger charge is 2.57. The lowest BCUT2D eigenvalue weighted by Crippen LogP contribution is -2.27. The van der Waals surface area contributed by atoms with Gasteiger partial charge < -0.3 is 19.9 Å². The number of fused-ring (bicyclic) bond motifs is 1. The van der Waals surface area contributed by atoms with Crippen LogP contribution in [0, 0.1) is 11.8 Å². The number of piperidine rings is 1. The number of nitrogens with zero attached hydrogens (tertiary/aromatic N) is 4. The first kappa shape index (κ1) is 19.9. The molecule has 2 fully saturated rings. The monoisotopic (exact) mass is 413 g/mol. The van der Waals surface area contributed by atoms with E-state index in [0.717, 1.165) is 18.9 Å². The molecule has 2 aromatic rings. The number of alkyl halides is 4. The fraction of sp³-hybridized carbons (Fsp3) is 0.579. The highest BCUT2D eigenvalue weighted by atomic mass is 19.4. The highest BCUT2D eigenvalue weighted by Crippen LogP contribution is 2.56. The van der Waals surface area contributed by atoms with E-state index in [1.807, 2.05) is 20.0 Å². The molecule has 2 aliphatic rings. The van der Waals surface area contributed by atoms with Gasteiger partial charge in [0, 0.05) is 49.6 Å². The van der Waals surface area contributed by atoms with E-state index in [9.17, 15) is 17.6 Å². The smallest absolute Gasteiger partial charge is 0.402 e. The first-order valence-corrected chi connectivity index (χ1v) is 9.56. The third-order valence-electron chi connectivity index (χ3n) is 5.63. The van der Waals surface area contributed by atoms with Crippen LogP contribution in [0.2, 0.25) is 0 Å². The molecule has 1 saturated carbocycles. The van der Waals surface area contributed by atoms with Crippen LogP contribution < -0.4 is 10.5 Å². The number of hydrogen-bond donors (Lipinski definition) is 1. The third-order valence-corrected chi connectivity index (χ3v) is 5.63. The molecule has 0 radical (unpaired) electrons. The highest BCUT2D eigenvalue weighted by molar-refractivity contribution is 5.64. The van der Waals surface area contributed by atoms with Gasteiger partial charge in [-0.2, -0.15) is 0 Å². The van der Waals surface area contributed by atoms with Crippen molar-refractivity contribution in [3.05, 3.63) is 24.3 Å². The van der Waals surface area contributed by atoms with Crippen LogP contribution in [-0.4, -0.2) is 52.1 Å². The third kappa shape index (κ3) is 3.90. The second kappa shape index (κ2) is 7.16. The lowest BCUT2D eigenvalue weighted by molar-refractivity contribution is -0.274. The van der Waals surface area contributed by atoms with Gasteiger partial charge in [-0.1, -0.05) is 13.8 Å². The fourth-order valence-corrected chi connectivity index (χ4v) is 4.31. The van der Waals surface area contributed by atoms with Gasteiger partial charge >= 0.3 is 6.36 Å². The molecule has 0 amide bonds. The minimum absolute atomic E-state index is 0.139. The van der Waals surface area contributed by atoms with Gasteiger partial charge in [-0.05, 0) is 17.9 Å². The Morgan fingerprint density at radius 1 is 1.28 bits per heavy atom. The van der Waals surface area contributed by atoms with Crippen LogP contribution in [-0.2, 0) is 0 Å². The van der Waals surface area contributed by atoms with E-state index in [1.54, 1.807) is 0 Å². The van der Waals surface area contributed by atoms with Gasteiger partial charge in [0.1, 0.15) is 12.5 Å². The SMILES string of the molecule is CC(C)c1nc(-c2cnc(N)c(OC(F)(F)F)c2)cn1C1[C@H]2CN(CCF)C[C@@H]12. The van der Waals surface area contributed by atoms with Gasteiger partial charge in [0.2, 0.25) is 0 Å². The quantitative estimate of drug-likeness (QED) is 0.733. The summed E-state index contributed by atoms with van der Waals surface area (Å²) in [5.74, 6) is 1.04. The van der Waals surface area contributed by atoms with E-state index < -0.39 is 12.1 Å². The van der Waals surface area contributed by atoms with E-state index in [1.165, 1.54) is 12.3 Å². The summed E-state index contributed by atoms with van der Waals surface area (Å²) in [5.41, 5.74) is 6.46. The summed E-state index contributed by atoms with van der Waals surface area (Å²) in [6.07, 6.45) is -1.59. The fourth-order valence-electron chi connectivity index (χ4n) is 4.31. The molecule has 0 bridgehead atoms. The summed E-state index contributed by atoms with van der Waals surface area (Å²) in [4.78, 5) is 10.6. The molecule has 158 valence electrons. The zero-order valence-electron chi connectivity index (χ0n) is 16.2. The number of imidazole rings is 1. The largest absolute Gasteiger partial charge is 0.573 e. The molecule has 0 aromatic carbocycles. The Morgan fingerprint density at radius 3 is 2.55 bits per heavy atom. The summed E-state index contributed by atoms with van der Waals surface area (Å²) in [6, 6.07) is 1.50. The van der Waals surface area contributed by atoms with Crippen molar-refractivity contribution >= 4 is 5.82 Å². The van der Waals surface area contributed by atoms with E-state index >= 15 is 0 Å². The number of anilines is 1. The number of nitrogen functional groups attached to an aromatic ring is 1. The Morgan fingerprint density at radius 2 is 1.97 bits per heavy atom. The number of ether oxygens (including phenoxy) is 1. The normalized spacial score (nSPS) is 24.2. The van der Waals surface area contributed by atoms with Crippen molar-refractivity contribution < 1.29 is 22.3 Å². The minimum atomic E-state index is -4.85. The summed E-state index contributed by atoms with van der Waals surface area (Å²) < 4.78 is 56.5. The minimum Gasteiger partial charge on any atom is -0.402 e. The zero-order valence-corrected chi connectivity index (χ0v) is 16.2. The van der Waals surface area contributed by atoms with Crippen molar-refractivity contribution in [1.29, 1.82) is 0 Å². The van der Waals surface area contributed by atoms with Crippen LogP contribution >= 0.6 is 0 Å². The topological polar surface area (TPSA) is 69.2 Å². The predicted octanol–water partition coefficient (Wildman–Crippen LogP) is 3.62. The number of halogens is 4. The number of aromatic nitrogens is 3. The predicted molar refractivity (Wildman–Crippen MR) is 99.1 cm³/mol. The van der Waals surface area contributed by atoms with Crippen LogP contribution in [0.15, 0.2) is 18.5 Å². The van der Waals surface area contributed by atoms with Gasteiger partial charge in [0.05, 0.1) is 5.69 Å². The Balaban J connectivity index is 1.61. The molecule has 10 heteroatoms. The molecule has 1 unspecified atom stereocenters. The van der Waals surface area contributed by atoms with Gasteiger partial charge in [0.15, 0.2) is 11.6 Å². The molecule has 1 aliphatic heterocycles. The van der Waals surface area contributed by atoms with Crippen molar-refractivity contribution in [2.24, 2.45) is 11.8 Å². The molecule has 2 N–H and O–H groups in total. The Hall–Kier alpha value is -2.36. The second-order valence-corrected chi connectivity index (χ2v) is 7.97. The molecule has 4 rings (SSSR count). The van der Waals surface area contributed by atoms with E-state index in [0.29, 0.717) is 29.6 Å². The Kier molecular flexibility index (Phi) is 4.92. The molecule has 1 aliphatic carbocycles. The number of rotatable bonds is 6. The molecule has 6 nitrogen and oxygen atoms in total. The lowest BCUT2D eigenvalue weighted by Gasteiger charge is -2.19. The number of nitrogens with two attached hydrogens (primary N) is 1. The zero-order chi connectivity index (χ0) is 20.9. The molecule has 2 aromatic heterocycles. The molecule has 3 heterocycles. The Bertz CT molecular complexity index is 885. The van der Waals surface area contributed by atoms with Crippen molar-refractivity contribution in [3.8, 4) is 17.0 Å². The van der Waals surface area contributed by atoms with Gasteiger partial charge in [-0.25, -0.2) is 14.4 Å². The van der Waals surface area contributed by atoms with Crippen molar-refractivity contribution in [1.82, 2.24) is 19.4 Å². The molecular weight excluding hydrogens is 390 g/mol. The number of likely N-dealkylation sites (tertiary alicyclic amines) is 1. The summed E-state index contributed by atoms with van der Waals surface area (Å²) in [7, 11) is 0. The van der Waals surface area contributed by atoms with Crippen molar-refractivity contribution in [2.75, 3.05) is 32.0 Å². The first-order valence-electron chi connectivity index (χ1n) is 9.56. The van der Waals surface area contributed by atoms with Crippen molar-refractivity contribution in [2.45, 2.75) is 32.2 Å². The molecule has 0 spiro atoms. The maximum absolute atomic E-state index is 12.6. The van der Waals surface area contributed by atoms with E-state index in [4.69, 9.17) is 5.73 Å². The van der Waals surface area contributed by atoms with Crippen LogP contribution in [0.3, 0.4) is 0 Å². The van der Waals surface area contributed by atoms with Gasteiger partial charge in [-0.3, -0.25) is 0 Å². The lowest BCUT2D eigenvalue weighted by atomic mass is 10.2. The standard InChI is InChI=1S/C19H23F4N5O/c1-10(2)18-26-14(11-5-15(17(24)25-6-11)29-19(21,22)23)9-28(18)16-12-7-27(4-3-20)8-13(12)16/h5-6,9-10,12-13,16H,3-4,7-8H2,1-2H3,(H2,24,25)/t12-,13+,16?. The summed E-state index contributed by atoms with van der Waals surface area (Å²) >= 11 is 0. The van der Waals surface area contributed by atoms with Crippen LogP contribution in [0.4, 0.5) is 23.4 Å². The first-order chi connectivity index (χ1) is 13.7. The van der Waals surface area contributed by atoms with Crippen LogP contribution in [0.25, 0.3) is 11.3 Å². The summed E-state index contributed by atoms with van der Waals surface area (Å²) in [6.45, 7) is 5.88. The number of hydrogen-bond acceptors (Lipinski definition) is 5. The summed E-state index contributed by atoms with van der Waals surface area (Å²) in [5, 5.41) is 0. The Labute approximate surface area is 165 Å². The van der Waals surface area contributed by atoms with Crippen LogP contribution in [0.5, 0.6) is 5.75 Å². The average molecular weight is 413 g/mol.